The van der Waals surface area contributed by atoms with Crippen molar-refractivity contribution >= 4 is 13.3 Å². The van der Waals surface area contributed by atoms with Gasteiger partial charge in [0.2, 0.25) is 0 Å². The molecule has 0 radical (unpaired) electrons. The van der Waals surface area contributed by atoms with Crippen molar-refractivity contribution in [3.63, 3.8) is 0 Å². The van der Waals surface area contributed by atoms with E-state index in [1.54, 1.807) is 13.8 Å². The maximum absolute atomic E-state index is 11.6. The Morgan fingerprint density at radius 1 is 1.36 bits per heavy atom. The van der Waals surface area contributed by atoms with Crippen molar-refractivity contribution in [1.82, 2.24) is 0 Å². The van der Waals surface area contributed by atoms with Gasteiger partial charge in [0.15, 0.2) is 6.61 Å². The molecular weight excluding hydrogens is 207 g/mol. The van der Waals surface area contributed by atoms with Gasteiger partial charge in [0.1, 0.15) is 0 Å². The van der Waals surface area contributed by atoms with Crippen molar-refractivity contribution in [2.24, 2.45) is 0 Å². The highest BCUT2D eigenvalue weighted by molar-refractivity contribution is 7.71. The Morgan fingerprint density at radius 2 is 1.86 bits per heavy atom. The van der Waals surface area contributed by atoms with Gasteiger partial charge in [-0.2, -0.15) is 0 Å². The average molecular weight is 220 g/mol. The third-order valence-electron chi connectivity index (χ3n) is 1.10. The van der Waals surface area contributed by atoms with Crippen LogP contribution in [0.1, 0.15) is 13.8 Å². The van der Waals surface area contributed by atoms with Crippen LogP contribution in [0.5, 0.6) is 0 Å². The summed E-state index contributed by atoms with van der Waals surface area (Å²) in [6.07, 6.45) is 4.87. The summed E-state index contributed by atoms with van der Waals surface area (Å²) in [6.45, 7) is 3.15. The Balaban J connectivity index is 4.41. The molecule has 0 saturated heterocycles. The second-order valence-corrected chi connectivity index (χ2v) is 3.97. The normalized spacial score (nSPS) is 10.6. The summed E-state index contributed by atoms with van der Waals surface area (Å²) in [5.41, 5.74) is -1.04. The van der Waals surface area contributed by atoms with Gasteiger partial charge in [-0.25, -0.2) is 9.36 Å². The van der Waals surface area contributed by atoms with Gasteiger partial charge in [-0.1, -0.05) is 5.92 Å². The number of carbonyl (C=O) groups excluding carboxylic acids is 1. The van der Waals surface area contributed by atoms with Crippen LogP contribution in [0, 0.1) is 12.3 Å². The van der Waals surface area contributed by atoms with E-state index in [0.29, 0.717) is 0 Å². The summed E-state index contributed by atoms with van der Waals surface area (Å²) < 4.78 is 25.5. The van der Waals surface area contributed by atoms with E-state index in [2.05, 4.69) is 10.7 Å². The molecule has 0 aliphatic heterocycles. The molecule has 0 aliphatic rings. The van der Waals surface area contributed by atoms with Gasteiger partial charge in [-0.05, 0) is 13.8 Å². The van der Waals surface area contributed by atoms with Gasteiger partial charge in [-0.3, -0.25) is 0 Å². The lowest BCUT2D eigenvalue weighted by atomic mass is 10.8. The number of ether oxygens (including phenoxy) is 1. The largest absolute Gasteiger partial charge is 0.443 e. The van der Waals surface area contributed by atoms with E-state index in [-0.39, 0.29) is 19.8 Å². The fourth-order valence-electron chi connectivity index (χ4n) is 0.665. The molecule has 0 N–H and O–H groups in total. The number of terminal acetylenes is 1. The van der Waals surface area contributed by atoms with E-state index in [1.807, 2.05) is 0 Å². The van der Waals surface area contributed by atoms with Gasteiger partial charge >= 0.3 is 13.3 Å². The second-order valence-electron chi connectivity index (χ2n) is 2.09. The third kappa shape index (κ3) is 3.93. The summed E-state index contributed by atoms with van der Waals surface area (Å²) in [5, 5.41) is 0. The molecule has 0 saturated carbocycles. The van der Waals surface area contributed by atoms with E-state index in [4.69, 9.17) is 15.5 Å². The van der Waals surface area contributed by atoms with Crippen molar-refractivity contribution in [3.05, 3.63) is 0 Å². The third-order valence-corrected chi connectivity index (χ3v) is 2.87. The Labute approximate surface area is 83.3 Å². The minimum atomic E-state index is -3.80. The molecule has 0 spiro atoms. The first-order chi connectivity index (χ1) is 6.60. The predicted octanol–water partition coefficient (Wildman–Crippen LogP) is 2.02. The molecular formula is C8H13O5P. The van der Waals surface area contributed by atoms with Crippen LogP contribution >= 0.6 is 7.60 Å². The van der Waals surface area contributed by atoms with Crippen LogP contribution in [-0.4, -0.2) is 25.5 Å². The highest BCUT2D eigenvalue weighted by Crippen LogP contribution is 2.49. The van der Waals surface area contributed by atoms with Crippen molar-refractivity contribution in [1.29, 1.82) is 0 Å². The van der Waals surface area contributed by atoms with E-state index in [9.17, 15) is 9.36 Å². The standard InChI is InChI=1S/C8H13O5P/c1-4-7-11-8(9)14(10,12-5-2)13-6-3/h1H,5-7H2,2-3H3. The molecule has 0 aromatic rings. The lowest BCUT2D eigenvalue weighted by molar-refractivity contribution is 0.159. The molecule has 14 heavy (non-hydrogen) atoms. The number of hydrogen-bond acceptors (Lipinski definition) is 5. The Morgan fingerprint density at radius 3 is 2.21 bits per heavy atom. The number of rotatable bonds is 6. The second kappa shape index (κ2) is 6.61. The molecule has 0 bridgehead atoms. The summed E-state index contributed by atoms with van der Waals surface area (Å²) in [5.74, 6) is 2.08. The van der Waals surface area contributed by atoms with E-state index < -0.39 is 13.3 Å². The summed E-state index contributed by atoms with van der Waals surface area (Å²) in [7, 11) is -3.80. The molecule has 0 fully saturated rings. The van der Waals surface area contributed by atoms with Gasteiger partial charge < -0.3 is 13.8 Å². The zero-order valence-corrected chi connectivity index (χ0v) is 9.08. The van der Waals surface area contributed by atoms with Crippen molar-refractivity contribution in [3.8, 4) is 12.3 Å². The van der Waals surface area contributed by atoms with E-state index in [1.165, 1.54) is 0 Å². The minimum absolute atomic E-state index is 0.0996. The van der Waals surface area contributed by atoms with Crippen LogP contribution in [0.25, 0.3) is 0 Å². The fourth-order valence-corrected chi connectivity index (χ4v) is 1.85. The first-order valence-corrected chi connectivity index (χ1v) is 5.64. The van der Waals surface area contributed by atoms with Gasteiger partial charge in [0.05, 0.1) is 13.2 Å². The van der Waals surface area contributed by atoms with Gasteiger partial charge in [0, 0.05) is 0 Å². The minimum Gasteiger partial charge on any atom is -0.443 e. The average Bonchev–Trinajstić information content (AvgIpc) is 2.15. The fraction of sp³-hybridized carbons (Fsp3) is 0.625. The summed E-state index contributed by atoms with van der Waals surface area (Å²) >= 11 is 0. The molecule has 0 heterocycles. The maximum Gasteiger partial charge on any atom is 0.438 e. The molecule has 80 valence electrons. The van der Waals surface area contributed by atoms with Gasteiger partial charge in [-0.15, -0.1) is 6.42 Å². The summed E-state index contributed by atoms with van der Waals surface area (Å²) in [4.78, 5) is 11.2. The lowest BCUT2D eigenvalue weighted by Gasteiger charge is -2.13. The van der Waals surface area contributed by atoms with Crippen molar-refractivity contribution in [2.75, 3.05) is 19.8 Å². The lowest BCUT2D eigenvalue weighted by Crippen LogP contribution is -2.09. The molecule has 0 rings (SSSR count). The number of carbonyl (C=O) groups is 1. The number of hydrogen-bond donors (Lipinski definition) is 0. The predicted molar refractivity (Wildman–Crippen MR) is 51.0 cm³/mol. The molecule has 0 aliphatic carbocycles. The Kier molecular flexibility index (Phi) is 6.22. The topological polar surface area (TPSA) is 61.8 Å². The maximum atomic E-state index is 11.6. The van der Waals surface area contributed by atoms with E-state index >= 15 is 0 Å². The van der Waals surface area contributed by atoms with Crippen LogP contribution in [-0.2, 0) is 18.3 Å². The van der Waals surface area contributed by atoms with Crippen LogP contribution in [0.3, 0.4) is 0 Å². The Hall–Kier alpha value is -0.820. The highest BCUT2D eigenvalue weighted by Gasteiger charge is 2.36. The summed E-state index contributed by atoms with van der Waals surface area (Å²) in [6, 6.07) is 0. The van der Waals surface area contributed by atoms with Crippen LogP contribution in [0.4, 0.5) is 4.79 Å². The van der Waals surface area contributed by atoms with Crippen LogP contribution in [0.15, 0.2) is 0 Å². The van der Waals surface area contributed by atoms with E-state index in [0.717, 1.165) is 0 Å². The zero-order chi connectivity index (χ0) is 11.0. The molecule has 0 aromatic carbocycles. The zero-order valence-electron chi connectivity index (χ0n) is 8.19. The first kappa shape index (κ1) is 13.2. The SMILES string of the molecule is C#CCOC(=O)P(=O)(OCC)OCC. The Bertz CT molecular complexity index is 257. The molecule has 0 unspecified atom stereocenters. The molecule has 0 atom stereocenters. The monoisotopic (exact) mass is 220 g/mol. The first-order valence-electron chi connectivity index (χ1n) is 4.10. The quantitative estimate of drug-likeness (QED) is 0.506. The highest BCUT2D eigenvalue weighted by atomic mass is 31.2. The molecule has 0 amide bonds. The molecule has 5 nitrogen and oxygen atoms in total. The van der Waals surface area contributed by atoms with Crippen LogP contribution in [0.2, 0.25) is 0 Å². The van der Waals surface area contributed by atoms with Gasteiger partial charge in [0.25, 0.3) is 0 Å². The van der Waals surface area contributed by atoms with Crippen molar-refractivity contribution in [2.45, 2.75) is 13.8 Å². The molecule has 6 heteroatoms. The van der Waals surface area contributed by atoms with Crippen LogP contribution < -0.4 is 0 Å². The smallest absolute Gasteiger partial charge is 0.438 e. The van der Waals surface area contributed by atoms with Crippen molar-refractivity contribution < 1.29 is 23.1 Å². The molecule has 0 aromatic heterocycles.